The fourth-order valence-corrected chi connectivity index (χ4v) is 7.72. The van der Waals surface area contributed by atoms with Gasteiger partial charge >= 0.3 is 11.9 Å². The minimum absolute atomic E-state index is 0.227. The first-order valence-electron chi connectivity index (χ1n) is 24.8. The Morgan fingerprint density at radius 2 is 0.915 bits per heavy atom. The van der Waals surface area contributed by atoms with Gasteiger partial charge in [0.25, 0.3) is 0 Å². The predicted molar refractivity (Wildman–Crippen MR) is 238 cm³/mol. The number of esters is 2. The molecule has 2 unspecified atom stereocenters. The van der Waals surface area contributed by atoms with Crippen LogP contribution in [0.3, 0.4) is 0 Å². The number of carbonyl (C=O) groups excluding carboxylic acids is 2. The summed E-state index contributed by atoms with van der Waals surface area (Å²) in [5.74, 6) is -0.833. The third-order valence-electron chi connectivity index (χ3n) is 11.7. The summed E-state index contributed by atoms with van der Waals surface area (Å²) in [5, 5.41) is 40.1. The molecule has 0 radical (unpaired) electrons. The highest BCUT2D eigenvalue weighted by Crippen LogP contribution is 2.23. The van der Waals surface area contributed by atoms with Crippen LogP contribution in [-0.2, 0) is 28.5 Å². The smallest absolute Gasteiger partial charge is 0.306 e. The molecule has 1 aliphatic heterocycles. The maximum atomic E-state index is 12.7. The van der Waals surface area contributed by atoms with Crippen molar-refractivity contribution in [3.63, 3.8) is 0 Å². The molecule has 1 fully saturated rings. The molecule has 0 amide bonds. The van der Waals surface area contributed by atoms with Crippen LogP contribution in [0.2, 0.25) is 0 Å². The van der Waals surface area contributed by atoms with Gasteiger partial charge in [-0.05, 0) is 32.1 Å². The highest BCUT2D eigenvalue weighted by atomic mass is 16.7. The number of allylic oxidation sites excluding steroid dienone is 2. The van der Waals surface area contributed by atoms with E-state index in [0.29, 0.717) is 12.8 Å². The van der Waals surface area contributed by atoms with Crippen molar-refractivity contribution in [1.29, 1.82) is 0 Å². The number of ether oxygens (including phenoxy) is 4. The second kappa shape index (κ2) is 40.5. The van der Waals surface area contributed by atoms with Crippen LogP contribution in [0, 0.1) is 0 Å². The molecule has 0 saturated carbocycles. The van der Waals surface area contributed by atoms with Crippen LogP contribution in [0.25, 0.3) is 0 Å². The SMILES string of the molecule is CCCCCCCCCCCCCCCCCCCC/C=C/CCCC(=O)OC[C@@H](CO[C@H]1O[C@@H](CO)[C@@H](O)C(O)C1O)OC(=O)CCCCCCCCCCCCC. The molecule has 0 aromatic rings. The minimum atomic E-state index is -1.59. The van der Waals surface area contributed by atoms with E-state index in [1.807, 2.05) is 0 Å². The monoisotopic (exact) mass is 841 g/mol. The largest absolute Gasteiger partial charge is 0.462 e. The van der Waals surface area contributed by atoms with E-state index in [-0.39, 0.29) is 26.1 Å². The molecule has 0 spiro atoms. The summed E-state index contributed by atoms with van der Waals surface area (Å²) in [6.45, 7) is 3.42. The van der Waals surface area contributed by atoms with Gasteiger partial charge in [-0.25, -0.2) is 0 Å². The Bertz CT molecular complexity index is 974. The number of hydrogen-bond donors (Lipinski definition) is 4. The number of rotatable bonds is 42. The van der Waals surface area contributed by atoms with Gasteiger partial charge in [0.1, 0.15) is 31.0 Å². The topological polar surface area (TPSA) is 152 Å². The summed E-state index contributed by atoms with van der Waals surface area (Å²) in [6, 6.07) is 0. The highest BCUT2D eigenvalue weighted by molar-refractivity contribution is 5.70. The average molecular weight is 841 g/mol. The van der Waals surface area contributed by atoms with Crippen molar-refractivity contribution < 1.29 is 49.0 Å². The van der Waals surface area contributed by atoms with Crippen molar-refractivity contribution in [2.75, 3.05) is 19.8 Å². The van der Waals surface area contributed by atoms with Gasteiger partial charge in [-0.15, -0.1) is 0 Å². The van der Waals surface area contributed by atoms with E-state index in [9.17, 15) is 30.0 Å². The zero-order valence-corrected chi connectivity index (χ0v) is 38.0. The van der Waals surface area contributed by atoms with Crippen molar-refractivity contribution in [3.05, 3.63) is 12.2 Å². The lowest BCUT2D eigenvalue weighted by Crippen LogP contribution is -2.59. The summed E-state index contributed by atoms with van der Waals surface area (Å²) in [4.78, 5) is 25.3. The molecular formula is C49H92O10. The van der Waals surface area contributed by atoms with E-state index < -0.39 is 55.4 Å². The number of hydrogen-bond acceptors (Lipinski definition) is 10. The summed E-state index contributed by atoms with van der Waals surface area (Å²) < 4.78 is 22.1. The Kier molecular flexibility index (Phi) is 38.1. The second-order valence-electron chi connectivity index (χ2n) is 17.3. The van der Waals surface area contributed by atoms with Gasteiger partial charge < -0.3 is 39.4 Å². The molecule has 1 heterocycles. The average Bonchev–Trinajstić information content (AvgIpc) is 3.23. The molecule has 0 bridgehead atoms. The lowest BCUT2D eigenvalue weighted by atomic mass is 9.99. The number of unbranched alkanes of at least 4 members (excludes halogenated alkanes) is 29. The van der Waals surface area contributed by atoms with Crippen LogP contribution < -0.4 is 0 Å². The molecular weight excluding hydrogens is 749 g/mol. The molecule has 59 heavy (non-hydrogen) atoms. The zero-order valence-electron chi connectivity index (χ0n) is 38.0. The molecule has 6 atom stereocenters. The van der Waals surface area contributed by atoms with Gasteiger partial charge in [-0.2, -0.15) is 0 Å². The molecule has 10 nitrogen and oxygen atoms in total. The summed E-state index contributed by atoms with van der Waals surface area (Å²) in [5.41, 5.74) is 0. The lowest BCUT2D eigenvalue weighted by molar-refractivity contribution is -0.305. The Morgan fingerprint density at radius 3 is 1.37 bits per heavy atom. The van der Waals surface area contributed by atoms with E-state index in [2.05, 4.69) is 26.0 Å². The molecule has 4 N–H and O–H groups in total. The van der Waals surface area contributed by atoms with Crippen molar-refractivity contribution in [3.8, 4) is 0 Å². The van der Waals surface area contributed by atoms with Crippen LogP contribution >= 0.6 is 0 Å². The van der Waals surface area contributed by atoms with Crippen molar-refractivity contribution in [1.82, 2.24) is 0 Å². The van der Waals surface area contributed by atoms with Crippen LogP contribution in [0.4, 0.5) is 0 Å². The maximum absolute atomic E-state index is 12.7. The normalized spacial score (nSPS) is 20.0. The fourth-order valence-electron chi connectivity index (χ4n) is 7.72. The minimum Gasteiger partial charge on any atom is -0.462 e. The standard InChI is InChI=1S/C49H92O10/c1-3-5-7-9-11-13-15-16-17-18-19-20-21-22-23-24-25-26-28-29-31-33-35-37-44(51)56-40-42(41-57-49-48(55)47(54)46(53)43(39-50)59-49)58-45(52)38-36-34-32-30-27-14-12-10-8-6-4-2/h29,31,42-43,46-50,53-55H,3-28,30,32-41H2,1-2H3/b31-29+/t42-,43-,46+,47?,48?,49-/m0/s1. The Labute approximate surface area is 361 Å². The molecule has 348 valence electrons. The van der Waals surface area contributed by atoms with Crippen LogP contribution in [0.15, 0.2) is 12.2 Å². The molecule has 0 aromatic carbocycles. The van der Waals surface area contributed by atoms with E-state index in [1.165, 1.54) is 161 Å². The van der Waals surface area contributed by atoms with E-state index in [0.717, 1.165) is 32.1 Å². The third kappa shape index (κ3) is 31.9. The van der Waals surface area contributed by atoms with Crippen LogP contribution in [0.1, 0.15) is 232 Å². The summed E-state index contributed by atoms with van der Waals surface area (Å²) in [7, 11) is 0. The van der Waals surface area contributed by atoms with Crippen LogP contribution in [-0.4, -0.2) is 89.0 Å². The van der Waals surface area contributed by atoms with Gasteiger partial charge in [0.15, 0.2) is 12.4 Å². The molecule has 0 aromatic heterocycles. The van der Waals surface area contributed by atoms with Crippen LogP contribution in [0.5, 0.6) is 0 Å². The number of carbonyl (C=O) groups is 2. The van der Waals surface area contributed by atoms with E-state index >= 15 is 0 Å². The highest BCUT2D eigenvalue weighted by Gasteiger charge is 2.44. The van der Waals surface area contributed by atoms with Crippen molar-refractivity contribution in [2.45, 2.75) is 269 Å². The second-order valence-corrected chi connectivity index (χ2v) is 17.3. The van der Waals surface area contributed by atoms with Gasteiger partial charge in [-0.1, -0.05) is 199 Å². The summed E-state index contributed by atoms with van der Waals surface area (Å²) in [6.07, 6.45) is 36.7. The predicted octanol–water partition coefficient (Wildman–Crippen LogP) is 11.1. The number of aliphatic hydroxyl groups is 4. The van der Waals surface area contributed by atoms with Crippen molar-refractivity contribution >= 4 is 11.9 Å². The molecule has 0 aliphatic carbocycles. The van der Waals surface area contributed by atoms with Gasteiger partial charge in [0.2, 0.25) is 0 Å². The third-order valence-corrected chi connectivity index (χ3v) is 11.7. The van der Waals surface area contributed by atoms with Gasteiger partial charge in [-0.3, -0.25) is 9.59 Å². The zero-order chi connectivity index (χ0) is 43.0. The first kappa shape index (κ1) is 55.5. The molecule has 10 heteroatoms. The van der Waals surface area contributed by atoms with E-state index in [4.69, 9.17) is 18.9 Å². The molecule has 1 aliphatic rings. The quantitative estimate of drug-likeness (QED) is 0.0265. The van der Waals surface area contributed by atoms with Gasteiger partial charge in [0, 0.05) is 12.8 Å². The first-order chi connectivity index (χ1) is 28.8. The number of aliphatic hydroxyl groups excluding tert-OH is 4. The Hall–Kier alpha value is -1.56. The molecule has 1 rings (SSSR count). The Morgan fingerprint density at radius 1 is 0.508 bits per heavy atom. The Balaban J connectivity index is 2.22. The molecule has 1 saturated heterocycles. The fraction of sp³-hybridized carbons (Fsp3) is 0.918. The summed E-state index contributed by atoms with van der Waals surface area (Å²) >= 11 is 0. The van der Waals surface area contributed by atoms with Crippen molar-refractivity contribution in [2.24, 2.45) is 0 Å². The lowest BCUT2D eigenvalue weighted by Gasteiger charge is -2.39. The van der Waals surface area contributed by atoms with E-state index in [1.54, 1.807) is 0 Å². The maximum Gasteiger partial charge on any atom is 0.306 e. The van der Waals surface area contributed by atoms with Gasteiger partial charge in [0.05, 0.1) is 13.2 Å². The first-order valence-corrected chi connectivity index (χ1v) is 24.8.